The molecule has 0 N–H and O–H groups in total. The number of ether oxygens (including phenoxy) is 3. The Labute approximate surface area is 413 Å². The maximum absolute atomic E-state index is 12.8. The van der Waals surface area contributed by atoms with Crippen LogP contribution in [0, 0.1) is 0 Å². The number of rotatable bonds is 49. The minimum atomic E-state index is -0.804. The Balaban J connectivity index is 4.49. The molecule has 0 aromatic carbocycles. The second-order valence-corrected chi connectivity index (χ2v) is 18.1. The molecule has 0 aromatic rings. The SMILES string of the molecule is CC/C=C\C/C=C\C/C=C\CCCCCCCC(=O)OC[C@H](COC(=O)CCCCCCCCC/C=C\CCCCCC)OC(=O)CCCCC/C=C\C/C=C\C/C=C\C/C=C\CCCCC. The monoisotopic (exact) mass is 931 g/mol. The molecule has 0 aliphatic rings. The molecule has 0 bridgehead atoms. The minimum Gasteiger partial charge on any atom is -0.462 e. The highest BCUT2D eigenvalue weighted by molar-refractivity contribution is 5.71. The summed E-state index contributed by atoms with van der Waals surface area (Å²) in [5.41, 5.74) is 0. The van der Waals surface area contributed by atoms with E-state index in [1.807, 2.05) is 0 Å². The molecule has 0 radical (unpaired) electrons. The number of hydrogen-bond acceptors (Lipinski definition) is 6. The van der Waals surface area contributed by atoms with Gasteiger partial charge < -0.3 is 14.2 Å². The van der Waals surface area contributed by atoms with Crippen molar-refractivity contribution in [1.29, 1.82) is 0 Å². The lowest BCUT2D eigenvalue weighted by Gasteiger charge is -2.18. The summed E-state index contributed by atoms with van der Waals surface area (Å²) in [6, 6.07) is 0. The van der Waals surface area contributed by atoms with Gasteiger partial charge >= 0.3 is 17.9 Å². The Morgan fingerprint density at radius 1 is 0.313 bits per heavy atom. The first kappa shape index (κ1) is 63.3. The minimum absolute atomic E-state index is 0.0991. The summed E-state index contributed by atoms with van der Waals surface area (Å²) < 4.78 is 16.8. The van der Waals surface area contributed by atoms with Gasteiger partial charge in [-0.2, -0.15) is 0 Å². The molecule has 0 spiro atoms. The normalized spacial score (nSPS) is 12.8. The fourth-order valence-electron chi connectivity index (χ4n) is 7.37. The first-order valence-electron chi connectivity index (χ1n) is 27.7. The van der Waals surface area contributed by atoms with Gasteiger partial charge in [0.1, 0.15) is 13.2 Å². The van der Waals surface area contributed by atoms with E-state index in [1.54, 1.807) is 0 Å². The fourth-order valence-corrected chi connectivity index (χ4v) is 7.37. The van der Waals surface area contributed by atoms with Crippen LogP contribution in [-0.2, 0) is 28.6 Å². The number of hydrogen-bond donors (Lipinski definition) is 0. The third kappa shape index (κ3) is 53.2. The highest BCUT2D eigenvalue weighted by Crippen LogP contribution is 2.14. The van der Waals surface area contributed by atoms with E-state index in [-0.39, 0.29) is 37.5 Å². The molecule has 67 heavy (non-hydrogen) atoms. The smallest absolute Gasteiger partial charge is 0.306 e. The van der Waals surface area contributed by atoms with Crippen LogP contribution in [0.4, 0.5) is 0 Å². The van der Waals surface area contributed by atoms with E-state index in [2.05, 4.69) is 118 Å². The van der Waals surface area contributed by atoms with E-state index >= 15 is 0 Å². The van der Waals surface area contributed by atoms with Crippen LogP contribution in [0.25, 0.3) is 0 Å². The van der Waals surface area contributed by atoms with Crippen molar-refractivity contribution in [3.05, 3.63) is 97.2 Å². The average Bonchev–Trinajstić information content (AvgIpc) is 3.33. The number of unbranched alkanes of at least 4 members (excludes halogenated alkanes) is 22. The predicted octanol–water partition coefficient (Wildman–Crippen LogP) is 18.5. The van der Waals surface area contributed by atoms with Crippen LogP contribution in [0.2, 0.25) is 0 Å². The zero-order chi connectivity index (χ0) is 48.6. The zero-order valence-corrected chi connectivity index (χ0v) is 43.6. The quantitative estimate of drug-likeness (QED) is 0.0262. The Hall–Kier alpha value is -3.67. The van der Waals surface area contributed by atoms with Gasteiger partial charge in [0.25, 0.3) is 0 Å². The van der Waals surface area contributed by atoms with Crippen molar-refractivity contribution in [1.82, 2.24) is 0 Å². The van der Waals surface area contributed by atoms with E-state index in [0.29, 0.717) is 12.8 Å². The largest absolute Gasteiger partial charge is 0.462 e. The molecular weight excluding hydrogens is 829 g/mol. The number of allylic oxidation sites excluding steroid dienone is 16. The molecule has 1 atom stereocenters. The molecule has 0 saturated carbocycles. The van der Waals surface area contributed by atoms with Gasteiger partial charge in [-0.15, -0.1) is 0 Å². The van der Waals surface area contributed by atoms with Crippen LogP contribution in [0.1, 0.15) is 252 Å². The summed E-state index contributed by atoms with van der Waals surface area (Å²) in [6.45, 7) is 6.44. The number of carbonyl (C=O) groups is 3. The fraction of sp³-hybridized carbons (Fsp3) is 0.689. The third-order valence-corrected chi connectivity index (χ3v) is 11.5. The third-order valence-electron chi connectivity index (χ3n) is 11.5. The van der Waals surface area contributed by atoms with Crippen molar-refractivity contribution in [3.63, 3.8) is 0 Å². The van der Waals surface area contributed by atoms with Crippen LogP contribution < -0.4 is 0 Å². The van der Waals surface area contributed by atoms with Crippen molar-refractivity contribution in [2.45, 2.75) is 258 Å². The van der Waals surface area contributed by atoms with Gasteiger partial charge in [-0.3, -0.25) is 14.4 Å². The molecule has 6 nitrogen and oxygen atoms in total. The maximum atomic E-state index is 12.8. The summed E-state index contributed by atoms with van der Waals surface area (Å²) in [4.78, 5) is 38.1. The van der Waals surface area contributed by atoms with Crippen molar-refractivity contribution < 1.29 is 28.6 Å². The van der Waals surface area contributed by atoms with Gasteiger partial charge in [0.05, 0.1) is 0 Å². The van der Waals surface area contributed by atoms with Gasteiger partial charge in [-0.1, -0.05) is 208 Å². The summed E-state index contributed by atoms with van der Waals surface area (Å²) in [6.07, 6.45) is 72.4. The lowest BCUT2D eigenvalue weighted by atomic mass is 10.1. The molecule has 0 aliphatic heterocycles. The lowest BCUT2D eigenvalue weighted by Crippen LogP contribution is -2.30. The van der Waals surface area contributed by atoms with Gasteiger partial charge in [-0.25, -0.2) is 0 Å². The lowest BCUT2D eigenvalue weighted by molar-refractivity contribution is -0.167. The van der Waals surface area contributed by atoms with E-state index < -0.39 is 6.10 Å². The van der Waals surface area contributed by atoms with Crippen LogP contribution in [-0.4, -0.2) is 37.2 Å². The van der Waals surface area contributed by atoms with Crippen molar-refractivity contribution >= 4 is 17.9 Å². The topological polar surface area (TPSA) is 78.9 Å². The first-order valence-corrected chi connectivity index (χ1v) is 27.7. The molecule has 6 heteroatoms. The molecule has 0 aliphatic carbocycles. The Bertz CT molecular complexity index is 1350. The standard InChI is InChI=1S/C61H102O6/c1-4-7-10-13-16-19-22-25-28-29-30-31-34-37-40-43-46-49-52-55-61(64)67-58(56-65-59(62)53-50-47-44-41-38-35-32-26-23-20-17-14-11-8-5-2)57-66-60(63)54-51-48-45-42-39-36-33-27-24-21-18-15-12-9-6-3/h8,11,16-17,19-21,24-26,28,30-32,37,40,58H,4-7,9-10,12-15,18,22-23,27,29,33-36,38-39,41-57H2,1-3H3/b11-8-,19-16-,20-17-,24-21-,28-25-,31-30-,32-26-,40-37-/t58-/m1/s1. The van der Waals surface area contributed by atoms with Crippen molar-refractivity contribution in [2.75, 3.05) is 13.2 Å². The molecular formula is C61H102O6. The van der Waals surface area contributed by atoms with E-state index in [9.17, 15) is 14.4 Å². The van der Waals surface area contributed by atoms with Crippen LogP contribution in [0.3, 0.4) is 0 Å². The Morgan fingerprint density at radius 3 is 0.970 bits per heavy atom. The summed E-state index contributed by atoms with van der Waals surface area (Å²) in [5, 5.41) is 0. The molecule has 0 unspecified atom stereocenters. The molecule has 0 aromatic heterocycles. The molecule has 0 heterocycles. The average molecular weight is 931 g/mol. The second-order valence-electron chi connectivity index (χ2n) is 18.1. The molecule has 0 rings (SSSR count). The summed E-state index contributed by atoms with van der Waals surface area (Å²) in [7, 11) is 0. The van der Waals surface area contributed by atoms with Crippen LogP contribution in [0.5, 0.6) is 0 Å². The van der Waals surface area contributed by atoms with E-state index in [4.69, 9.17) is 14.2 Å². The van der Waals surface area contributed by atoms with Gasteiger partial charge in [-0.05, 0) is 122 Å². The molecule has 0 amide bonds. The highest BCUT2D eigenvalue weighted by Gasteiger charge is 2.19. The number of carbonyl (C=O) groups excluding carboxylic acids is 3. The number of esters is 3. The van der Waals surface area contributed by atoms with E-state index in [1.165, 1.54) is 89.9 Å². The maximum Gasteiger partial charge on any atom is 0.306 e. The van der Waals surface area contributed by atoms with Gasteiger partial charge in [0.2, 0.25) is 0 Å². The van der Waals surface area contributed by atoms with Crippen molar-refractivity contribution in [3.8, 4) is 0 Å². The van der Waals surface area contributed by atoms with Gasteiger partial charge in [0, 0.05) is 19.3 Å². The molecule has 0 fully saturated rings. The highest BCUT2D eigenvalue weighted by atomic mass is 16.6. The first-order chi connectivity index (χ1) is 33.0. The van der Waals surface area contributed by atoms with Crippen molar-refractivity contribution in [2.24, 2.45) is 0 Å². The zero-order valence-electron chi connectivity index (χ0n) is 43.6. The second kappa shape index (κ2) is 54.9. The van der Waals surface area contributed by atoms with Crippen LogP contribution in [0.15, 0.2) is 97.2 Å². The van der Waals surface area contributed by atoms with Crippen LogP contribution >= 0.6 is 0 Å². The molecule has 0 saturated heterocycles. The summed E-state index contributed by atoms with van der Waals surface area (Å²) >= 11 is 0. The summed E-state index contributed by atoms with van der Waals surface area (Å²) in [5.74, 6) is -0.951. The van der Waals surface area contributed by atoms with E-state index in [0.717, 1.165) is 122 Å². The predicted molar refractivity (Wildman–Crippen MR) is 288 cm³/mol. The van der Waals surface area contributed by atoms with Gasteiger partial charge in [0.15, 0.2) is 6.10 Å². The Kier molecular flexibility index (Phi) is 51.9. The molecule has 382 valence electrons. The Morgan fingerprint density at radius 2 is 0.582 bits per heavy atom.